The number of hydrogen-bond donors (Lipinski definition) is 2. The van der Waals surface area contributed by atoms with Crippen LogP contribution in [0.3, 0.4) is 0 Å². The summed E-state index contributed by atoms with van der Waals surface area (Å²) in [5.74, 6) is 0.389. The summed E-state index contributed by atoms with van der Waals surface area (Å²) in [4.78, 5) is 2.86. The summed E-state index contributed by atoms with van der Waals surface area (Å²) in [5, 5.41) is 0. The predicted molar refractivity (Wildman–Crippen MR) is 41.5 cm³/mol. The van der Waals surface area contributed by atoms with Gasteiger partial charge in [0.1, 0.15) is 11.5 Å². The normalized spacial score (nSPS) is 20.7. The quantitative estimate of drug-likeness (QED) is 0.586. The first-order chi connectivity index (χ1) is 5.70. The number of hydrogen-bond acceptors (Lipinski definition) is 3. The van der Waals surface area contributed by atoms with Gasteiger partial charge in [-0.05, 0) is 0 Å². The molecule has 0 amide bonds. The molecule has 1 aliphatic rings. The fraction of sp³-hybridized carbons (Fsp3) is 0.333. The fourth-order valence-corrected chi connectivity index (χ4v) is 2.19. The van der Waals surface area contributed by atoms with Crippen molar-refractivity contribution in [3.05, 3.63) is 12.4 Å². The molecule has 0 unspecified atom stereocenters. The molecule has 6 heteroatoms. The molecule has 0 atom stereocenters. The molecule has 0 bridgehead atoms. The SMILES string of the molecule is O=S1(=O)NCCOc2c[nH]cc21. The van der Waals surface area contributed by atoms with Crippen LogP contribution in [0.5, 0.6) is 5.75 Å². The minimum atomic E-state index is -3.34. The highest BCUT2D eigenvalue weighted by molar-refractivity contribution is 7.89. The lowest BCUT2D eigenvalue weighted by Crippen LogP contribution is -2.24. The molecule has 0 fully saturated rings. The van der Waals surface area contributed by atoms with Crippen molar-refractivity contribution < 1.29 is 13.2 Å². The van der Waals surface area contributed by atoms with Gasteiger partial charge in [0.25, 0.3) is 0 Å². The van der Waals surface area contributed by atoms with E-state index in [-0.39, 0.29) is 4.90 Å². The second-order valence-corrected chi connectivity index (χ2v) is 4.17. The number of sulfonamides is 1. The molecule has 0 aliphatic carbocycles. The van der Waals surface area contributed by atoms with Crippen LogP contribution in [-0.4, -0.2) is 26.6 Å². The van der Waals surface area contributed by atoms with Gasteiger partial charge < -0.3 is 9.72 Å². The fourth-order valence-electron chi connectivity index (χ4n) is 1.07. The highest BCUT2D eigenvalue weighted by atomic mass is 32.2. The van der Waals surface area contributed by atoms with Crippen LogP contribution in [0.4, 0.5) is 0 Å². The Bertz CT molecular complexity index is 381. The third-order valence-corrected chi connectivity index (χ3v) is 3.10. The van der Waals surface area contributed by atoms with Crippen molar-refractivity contribution in [3.8, 4) is 5.75 Å². The van der Waals surface area contributed by atoms with Crippen molar-refractivity contribution in [2.24, 2.45) is 0 Å². The van der Waals surface area contributed by atoms with Gasteiger partial charge in [0, 0.05) is 18.9 Å². The van der Waals surface area contributed by atoms with E-state index in [1.807, 2.05) is 0 Å². The van der Waals surface area contributed by atoms with E-state index in [1.54, 1.807) is 0 Å². The molecule has 5 nitrogen and oxygen atoms in total. The Morgan fingerprint density at radius 3 is 3.08 bits per heavy atom. The average Bonchev–Trinajstić information content (AvgIpc) is 2.42. The lowest BCUT2D eigenvalue weighted by atomic mass is 10.6. The van der Waals surface area contributed by atoms with Crippen molar-refractivity contribution in [2.75, 3.05) is 13.2 Å². The lowest BCUT2D eigenvalue weighted by molar-refractivity contribution is 0.322. The summed E-state index contributed by atoms with van der Waals surface area (Å²) in [7, 11) is -3.34. The summed E-state index contributed by atoms with van der Waals surface area (Å²) in [6, 6.07) is 0. The molecular formula is C6H8N2O3S. The van der Waals surface area contributed by atoms with Crippen LogP contribution in [0.15, 0.2) is 17.3 Å². The first-order valence-electron chi connectivity index (χ1n) is 3.49. The Labute approximate surface area is 69.8 Å². The van der Waals surface area contributed by atoms with E-state index in [2.05, 4.69) is 9.71 Å². The molecule has 1 aliphatic heterocycles. The van der Waals surface area contributed by atoms with Gasteiger partial charge in [0.15, 0.2) is 5.75 Å². The molecule has 12 heavy (non-hydrogen) atoms. The summed E-state index contributed by atoms with van der Waals surface area (Å²) >= 11 is 0. The topological polar surface area (TPSA) is 71.2 Å². The number of nitrogens with one attached hydrogen (secondary N) is 2. The second kappa shape index (κ2) is 2.49. The zero-order chi connectivity index (χ0) is 8.60. The van der Waals surface area contributed by atoms with Crippen molar-refractivity contribution in [2.45, 2.75) is 4.90 Å². The van der Waals surface area contributed by atoms with Crippen LogP contribution >= 0.6 is 0 Å². The first kappa shape index (κ1) is 7.63. The number of H-pyrrole nitrogens is 1. The van der Waals surface area contributed by atoms with E-state index in [1.165, 1.54) is 12.4 Å². The monoisotopic (exact) mass is 188 g/mol. The zero-order valence-electron chi connectivity index (χ0n) is 6.20. The molecule has 0 saturated heterocycles. The van der Waals surface area contributed by atoms with Gasteiger partial charge in [-0.1, -0.05) is 0 Å². The Hall–Kier alpha value is -1.01. The Kier molecular flexibility index (Phi) is 1.59. The largest absolute Gasteiger partial charge is 0.489 e. The summed E-state index contributed by atoms with van der Waals surface area (Å²) in [5.41, 5.74) is 0. The van der Waals surface area contributed by atoms with E-state index in [0.717, 1.165) is 0 Å². The highest BCUT2D eigenvalue weighted by Crippen LogP contribution is 2.23. The standard InChI is InChI=1S/C6H8N2O3S/c9-12(10)6-4-7-3-5(6)11-2-1-8-12/h3-4,7-8H,1-2H2. The molecule has 66 valence electrons. The van der Waals surface area contributed by atoms with Crippen LogP contribution in [0, 0.1) is 0 Å². The van der Waals surface area contributed by atoms with Gasteiger partial charge in [0.05, 0.1) is 0 Å². The van der Waals surface area contributed by atoms with Gasteiger partial charge in [-0.25, -0.2) is 13.1 Å². The van der Waals surface area contributed by atoms with Crippen LogP contribution in [0.25, 0.3) is 0 Å². The Morgan fingerprint density at radius 2 is 2.25 bits per heavy atom. The molecule has 2 rings (SSSR count). The second-order valence-electron chi connectivity index (χ2n) is 2.43. The number of aromatic nitrogens is 1. The zero-order valence-corrected chi connectivity index (χ0v) is 7.02. The van der Waals surface area contributed by atoms with Gasteiger partial charge in [-0.15, -0.1) is 0 Å². The third-order valence-electron chi connectivity index (χ3n) is 1.61. The molecule has 1 aromatic heterocycles. The molecule has 0 saturated carbocycles. The van der Waals surface area contributed by atoms with Crippen molar-refractivity contribution in [3.63, 3.8) is 0 Å². The molecule has 0 spiro atoms. The number of fused-ring (bicyclic) bond motifs is 1. The summed E-state index contributed by atoms with van der Waals surface area (Å²) < 4.78 is 30.2. The maximum atomic E-state index is 11.3. The lowest BCUT2D eigenvalue weighted by Gasteiger charge is -1.97. The highest BCUT2D eigenvalue weighted by Gasteiger charge is 2.22. The van der Waals surface area contributed by atoms with Gasteiger partial charge in [-0.2, -0.15) is 0 Å². The van der Waals surface area contributed by atoms with Crippen LogP contribution in [0.2, 0.25) is 0 Å². The van der Waals surface area contributed by atoms with E-state index in [9.17, 15) is 8.42 Å². The van der Waals surface area contributed by atoms with Gasteiger partial charge in [0.2, 0.25) is 10.0 Å². The Balaban J connectivity index is 2.58. The van der Waals surface area contributed by atoms with Gasteiger partial charge in [-0.3, -0.25) is 0 Å². The summed E-state index contributed by atoms with van der Waals surface area (Å²) in [6.07, 6.45) is 2.93. The van der Waals surface area contributed by atoms with Crippen LogP contribution in [-0.2, 0) is 10.0 Å². The van der Waals surface area contributed by atoms with Crippen LogP contribution in [0.1, 0.15) is 0 Å². The maximum Gasteiger partial charge on any atom is 0.245 e. The smallest absolute Gasteiger partial charge is 0.245 e. The van der Waals surface area contributed by atoms with Crippen molar-refractivity contribution >= 4 is 10.0 Å². The van der Waals surface area contributed by atoms with E-state index in [4.69, 9.17) is 4.74 Å². The first-order valence-corrected chi connectivity index (χ1v) is 4.98. The maximum absolute atomic E-state index is 11.3. The molecule has 2 heterocycles. The minimum absolute atomic E-state index is 0.181. The molecule has 2 N–H and O–H groups in total. The number of ether oxygens (including phenoxy) is 1. The average molecular weight is 188 g/mol. The van der Waals surface area contributed by atoms with Crippen molar-refractivity contribution in [1.29, 1.82) is 0 Å². The van der Waals surface area contributed by atoms with E-state index >= 15 is 0 Å². The third kappa shape index (κ3) is 1.09. The molecular weight excluding hydrogens is 180 g/mol. The minimum Gasteiger partial charge on any atom is -0.489 e. The molecule has 0 aromatic carbocycles. The molecule has 0 radical (unpaired) electrons. The molecule has 1 aromatic rings. The number of aromatic amines is 1. The van der Waals surface area contributed by atoms with Crippen molar-refractivity contribution in [1.82, 2.24) is 9.71 Å². The van der Waals surface area contributed by atoms with E-state index < -0.39 is 10.0 Å². The van der Waals surface area contributed by atoms with E-state index in [0.29, 0.717) is 18.9 Å². The van der Waals surface area contributed by atoms with Crippen LogP contribution < -0.4 is 9.46 Å². The predicted octanol–water partition coefficient (Wildman–Crippen LogP) is -0.315. The Morgan fingerprint density at radius 1 is 1.42 bits per heavy atom. The number of rotatable bonds is 0. The summed E-state index contributed by atoms with van der Waals surface area (Å²) in [6.45, 7) is 0.682. The van der Waals surface area contributed by atoms with Gasteiger partial charge >= 0.3 is 0 Å².